The van der Waals surface area contributed by atoms with Gasteiger partial charge in [-0.15, -0.1) is 0 Å². The van der Waals surface area contributed by atoms with E-state index in [0.717, 1.165) is 32.1 Å². The van der Waals surface area contributed by atoms with Crippen molar-refractivity contribution in [2.24, 2.45) is 0 Å². The fourth-order valence-electron chi connectivity index (χ4n) is 4.03. The number of sulfonamides is 1. The zero-order valence-electron chi connectivity index (χ0n) is 17.3. The quantitative estimate of drug-likeness (QED) is 0.630. The molecule has 2 aromatic carbocycles. The van der Waals surface area contributed by atoms with Gasteiger partial charge in [0.05, 0.1) is 10.4 Å². The summed E-state index contributed by atoms with van der Waals surface area (Å²) in [5.41, 5.74) is 1.40. The molecule has 0 unspecified atom stereocenters. The molecule has 0 bridgehead atoms. The van der Waals surface area contributed by atoms with E-state index >= 15 is 0 Å². The summed E-state index contributed by atoms with van der Waals surface area (Å²) in [6.45, 7) is -0.208. The van der Waals surface area contributed by atoms with Gasteiger partial charge in [-0.1, -0.05) is 31.4 Å². The topological polar surface area (TPSA) is 102 Å². The molecular weight excluding hydrogens is 418 g/mol. The molecule has 1 amide bonds. The zero-order chi connectivity index (χ0) is 22.0. The van der Waals surface area contributed by atoms with Crippen LogP contribution in [0, 0.1) is 0 Å². The highest BCUT2D eigenvalue weighted by atomic mass is 32.2. The van der Waals surface area contributed by atoms with E-state index in [1.54, 1.807) is 43.4 Å². The minimum Gasteiger partial charge on any atom is -0.408 e. The van der Waals surface area contributed by atoms with E-state index in [-0.39, 0.29) is 17.5 Å². The molecule has 1 N–H and O–H groups in total. The van der Waals surface area contributed by atoms with Crippen molar-refractivity contribution in [1.82, 2.24) is 8.87 Å². The molecule has 9 heteroatoms. The van der Waals surface area contributed by atoms with Crippen LogP contribution in [-0.4, -0.2) is 36.3 Å². The number of oxazole rings is 1. The number of fused-ring (bicyclic) bond motifs is 1. The van der Waals surface area contributed by atoms with Crippen molar-refractivity contribution in [1.29, 1.82) is 0 Å². The first kappa shape index (κ1) is 21.3. The molecule has 0 spiro atoms. The lowest BCUT2D eigenvalue weighted by atomic mass is 9.96. The summed E-state index contributed by atoms with van der Waals surface area (Å²) >= 11 is 0. The minimum atomic E-state index is -3.59. The number of aromatic nitrogens is 1. The van der Waals surface area contributed by atoms with Crippen LogP contribution in [0.2, 0.25) is 0 Å². The van der Waals surface area contributed by atoms with Crippen molar-refractivity contribution in [3.05, 3.63) is 59.1 Å². The van der Waals surface area contributed by atoms with Gasteiger partial charge >= 0.3 is 5.76 Å². The van der Waals surface area contributed by atoms with E-state index in [0.29, 0.717) is 16.8 Å². The van der Waals surface area contributed by atoms with Crippen molar-refractivity contribution < 1.29 is 17.6 Å². The second kappa shape index (κ2) is 8.68. The Morgan fingerprint density at radius 3 is 2.48 bits per heavy atom. The highest BCUT2D eigenvalue weighted by molar-refractivity contribution is 7.89. The largest absolute Gasteiger partial charge is 0.420 e. The highest BCUT2D eigenvalue weighted by Crippen LogP contribution is 2.27. The van der Waals surface area contributed by atoms with E-state index in [1.807, 2.05) is 0 Å². The summed E-state index contributed by atoms with van der Waals surface area (Å²) in [6.07, 6.45) is 5.01. The van der Waals surface area contributed by atoms with E-state index in [1.165, 1.54) is 21.0 Å². The molecule has 0 aliphatic heterocycles. The highest BCUT2D eigenvalue weighted by Gasteiger charge is 2.29. The van der Waals surface area contributed by atoms with Crippen LogP contribution in [0.25, 0.3) is 11.1 Å². The number of carbonyl (C=O) groups is 1. The molecular formula is C22H25N3O5S. The maximum Gasteiger partial charge on any atom is 0.420 e. The first-order chi connectivity index (χ1) is 14.9. The Balaban J connectivity index is 1.45. The Morgan fingerprint density at radius 1 is 1.10 bits per heavy atom. The van der Waals surface area contributed by atoms with Crippen LogP contribution in [-0.2, 0) is 21.4 Å². The number of nitrogens with one attached hydrogen (secondary N) is 1. The van der Waals surface area contributed by atoms with E-state index in [2.05, 4.69) is 5.32 Å². The molecule has 3 aromatic rings. The molecule has 1 heterocycles. The maximum absolute atomic E-state index is 12.9. The zero-order valence-corrected chi connectivity index (χ0v) is 18.1. The number of benzene rings is 2. The third-order valence-corrected chi connectivity index (χ3v) is 7.70. The molecule has 0 saturated heterocycles. The first-order valence-electron chi connectivity index (χ1n) is 10.3. The van der Waals surface area contributed by atoms with Gasteiger partial charge in [-0.3, -0.25) is 9.36 Å². The van der Waals surface area contributed by atoms with Gasteiger partial charge < -0.3 is 9.73 Å². The van der Waals surface area contributed by atoms with Gasteiger partial charge in [0.1, 0.15) is 6.54 Å². The summed E-state index contributed by atoms with van der Waals surface area (Å²) in [7, 11) is -1.96. The Morgan fingerprint density at radius 2 is 1.77 bits per heavy atom. The third kappa shape index (κ3) is 4.42. The van der Waals surface area contributed by atoms with Crippen LogP contribution in [0.3, 0.4) is 0 Å². The average Bonchev–Trinajstić information content (AvgIpc) is 3.09. The fraction of sp³-hybridized carbons (Fsp3) is 0.364. The van der Waals surface area contributed by atoms with Crippen molar-refractivity contribution in [2.45, 2.75) is 49.6 Å². The van der Waals surface area contributed by atoms with Gasteiger partial charge in [0, 0.05) is 18.8 Å². The lowest BCUT2D eigenvalue weighted by Crippen LogP contribution is -2.38. The molecule has 1 aliphatic carbocycles. The summed E-state index contributed by atoms with van der Waals surface area (Å²) in [6, 6.07) is 13.0. The molecule has 31 heavy (non-hydrogen) atoms. The van der Waals surface area contributed by atoms with E-state index in [4.69, 9.17) is 4.42 Å². The SMILES string of the molecule is CN(C1CCCCC1)S(=O)(=O)c1ccc(NC(=O)Cn2c(=O)oc3ccccc32)cc1. The van der Waals surface area contributed by atoms with Gasteiger partial charge in [-0.25, -0.2) is 13.2 Å². The number of amides is 1. The molecule has 1 saturated carbocycles. The minimum absolute atomic E-state index is 0.0289. The summed E-state index contributed by atoms with van der Waals surface area (Å²) in [4.78, 5) is 24.6. The number of hydrogen-bond donors (Lipinski definition) is 1. The molecule has 0 atom stereocenters. The molecule has 8 nitrogen and oxygen atoms in total. The number of nitrogens with zero attached hydrogens (tertiary/aromatic N) is 2. The van der Waals surface area contributed by atoms with Crippen LogP contribution in [0.1, 0.15) is 32.1 Å². The summed E-state index contributed by atoms with van der Waals surface area (Å²) in [5.74, 6) is -1.02. The molecule has 1 fully saturated rings. The number of rotatable bonds is 6. The lowest BCUT2D eigenvalue weighted by molar-refractivity contribution is -0.116. The number of para-hydroxylation sites is 2. The van der Waals surface area contributed by atoms with Crippen molar-refractivity contribution >= 4 is 32.7 Å². The fourth-order valence-corrected chi connectivity index (χ4v) is 5.44. The van der Waals surface area contributed by atoms with Crippen molar-refractivity contribution in [3.8, 4) is 0 Å². The normalized spacial score (nSPS) is 15.4. The Kier molecular flexibility index (Phi) is 5.97. The number of hydrogen-bond acceptors (Lipinski definition) is 5. The Hall–Kier alpha value is -2.91. The van der Waals surface area contributed by atoms with Crippen molar-refractivity contribution in [2.75, 3.05) is 12.4 Å². The molecule has 4 rings (SSSR count). The van der Waals surface area contributed by atoms with Crippen LogP contribution >= 0.6 is 0 Å². The third-order valence-electron chi connectivity index (χ3n) is 5.78. The molecule has 1 aliphatic rings. The molecule has 0 radical (unpaired) electrons. The standard InChI is InChI=1S/C22H25N3O5S/c1-24(17-7-3-2-4-8-17)31(28,29)18-13-11-16(12-14-18)23-21(26)15-25-19-9-5-6-10-20(19)30-22(25)27/h5-6,9-14,17H,2-4,7-8,15H2,1H3,(H,23,26). The maximum atomic E-state index is 12.9. The Bertz CT molecular complexity index is 1240. The number of anilines is 1. The lowest BCUT2D eigenvalue weighted by Gasteiger charge is -2.30. The van der Waals surface area contributed by atoms with Gasteiger partial charge in [0.15, 0.2) is 5.58 Å². The predicted octanol–water partition coefficient (Wildman–Crippen LogP) is 3.19. The van der Waals surface area contributed by atoms with Crippen LogP contribution in [0.15, 0.2) is 62.6 Å². The van der Waals surface area contributed by atoms with Crippen molar-refractivity contribution in [3.63, 3.8) is 0 Å². The first-order valence-corrected chi connectivity index (χ1v) is 11.8. The number of carbonyl (C=O) groups excluding carboxylic acids is 1. The van der Waals surface area contributed by atoms with Crippen LogP contribution in [0.5, 0.6) is 0 Å². The smallest absolute Gasteiger partial charge is 0.408 e. The Labute approximate surface area is 180 Å². The van der Waals surface area contributed by atoms with Crippen LogP contribution in [0.4, 0.5) is 5.69 Å². The molecule has 164 valence electrons. The average molecular weight is 444 g/mol. The second-order valence-corrected chi connectivity index (χ2v) is 9.80. The van der Waals surface area contributed by atoms with Gasteiger partial charge in [-0.05, 0) is 49.2 Å². The van der Waals surface area contributed by atoms with Gasteiger partial charge in [-0.2, -0.15) is 4.31 Å². The second-order valence-electron chi connectivity index (χ2n) is 7.81. The van der Waals surface area contributed by atoms with E-state index < -0.39 is 21.7 Å². The summed E-state index contributed by atoms with van der Waals surface area (Å²) in [5, 5.41) is 2.69. The predicted molar refractivity (Wildman–Crippen MR) is 117 cm³/mol. The van der Waals surface area contributed by atoms with Crippen LogP contribution < -0.4 is 11.1 Å². The van der Waals surface area contributed by atoms with E-state index in [9.17, 15) is 18.0 Å². The molecule has 1 aromatic heterocycles. The summed E-state index contributed by atoms with van der Waals surface area (Å²) < 4.78 is 33.7. The van der Waals surface area contributed by atoms with Gasteiger partial charge in [0.2, 0.25) is 15.9 Å². The van der Waals surface area contributed by atoms with Gasteiger partial charge in [0.25, 0.3) is 0 Å². The monoisotopic (exact) mass is 443 g/mol.